The van der Waals surface area contributed by atoms with Gasteiger partial charge in [-0.2, -0.15) is 14.9 Å². The Morgan fingerprint density at radius 3 is 2.69 bits per heavy atom. The van der Waals surface area contributed by atoms with E-state index in [0.717, 1.165) is 11.3 Å². The van der Waals surface area contributed by atoms with Crippen molar-refractivity contribution in [2.75, 3.05) is 12.1 Å². The number of nitrogens with zero attached hydrogens (tertiary/aromatic N) is 3. The largest absolute Gasteiger partial charge is 0.504 e. The molecule has 0 atom stereocenters. The number of H-pyrrole nitrogens is 1. The Bertz CT molecular complexity index is 979. The van der Waals surface area contributed by atoms with Crippen LogP contribution in [0.15, 0.2) is 47.6 Å². The molecule has 0 fully saturated rings. The highest BCUT2D eigenvalue weighted by atomic mass is 32.1. The molecule has 1 aromatic heterocycles. The van der Waals surface area contributed by atoms with Gasteiger partial charge >= 0.3 is 0 Å². The van der Waals surface area contributed by atoms with Crippen molar-refractivity contribution in [3.8, 4) is 28.6 Å². The monoisotopic (exact) mass is 371 g/mol. The molecule has 0 aliphatic rings. The van der Waals surface area contributed by atoms with E-state index in [0.29, 0.717) is 22.8 Å². The van der Waals surface area contributed by atoms with E-state index in [-0.39, 0.29) is 11.5 Å². The molecule has 0 unspecified atom stereocenters. The van der Waals surface area contributed by atoms with Crippen LogP contribution in [0.4, 0.5) is 0 Å². The predicted molar refractivity (Wildman–Crippen MR) is 101 cm³/mol. The number of aromatic nitrogens is 3. The van der Waals surface area contributed by atoms with Gasteiger partial charge in [0.25, 0.3) is 0 Å². The van der Waals surface area contributed by atoms with Gasteiger partial charge in [-0.15, -0.1) is 0 Å². The average Bonchev–Trinajstić information content (AvgIpc) is 3.00. The van der Waals surface area contributed by atoms with Crippen LogP contribution in [-0.4, -0.2) is 37.9 Å². The summed E-state index contributed by atoms with van der Waals surface area (Å²) in [5, 5.41) is 29.8. The summed E-state index contributed by atoms with van der Waals surface area (Å²) in [6.07, 6.45) is 1.48. The zero-order valence-electron chi connectivity index (χ0n) is 13.9. The van der Waals surface area contributed by atoms with Crippen molar-refractivity contribution in [1.29, 1.82) is 0 Å². The Labute approximate surface area is 154 Å². The number of ether oxygens (including phenoxy) is 1. The highest BCUT2D eigenvalue weighted by molar-refractivity contribution is 7.71. The summed E-state index contributed by atoms with van der Waals surface area (Å²) in [5.74, 6) is 0.924. The van der Waals surface area contributed by atoms with Crippen molar-refractivity contribution >= 4 is 18.4 Å². The van der Waals surface area contributed by atoms with Gasteiger partial charge in [-0.3, -0.25) is 0 Å². The second-order valence-corrected chi connectivity index (χ2v) is 5.64. The van der Waals surface area contributed by atoms with Crippen LogP contribution >= 0.6 is 12.2 Å². The summed E-state index contributed by atoms with van der Waals surface area (Å²) >= 11 is 5.22. The SMILES string of the molecule is CCOc1ccc(-c2n[nH]c(=S)n2N/N=C/c2ccc(O)c(O)c2)cc1. The molecule has 4 N–H and O–H groups in total. The molecule has 3 rings (SSSR count). The number of hydrogen-bond acceptors (Lipinski definition) is 7. The average molecular weight is 371 g/mol. The second-order valence-electron chi connectivity index (χ2n) is 5.25. The third-order valence-electron chi connectivity index (χ3n) is 3.47. The van der Waals surface area contributed by atoms with Crippen molar-refractivity contribution in [2.24, 2.45) is 5.10 Å². The number of aromatic amines is 1. The van der Waals surface area contributed by atoms with Crippen LogP contribution in [-0.2, 0) is 0 Å². The normalized spacial score (nSPS) is 11.0. The van der Waals surface area contributed by atoms with Crippen LogP contribution in [0.5, 0.6) is 17.2 Å². The Balaban J connectivity index is 1.80. The van der Waals surface area contributed by atoms with E-state index in [1.165, 1.54) is 23.0 Å². The molecule has 9 heteroatoms. The quantitative estimate of drug-likeness (QED) is 0.230. The Hall–Kier alpha value is -3.33. The van der Waals surface area contributed by atoms with Gasteiger partial charge in [0, 0.05) is 5.56 Å². The second kappa shape index (κ2) is 7.70. The minimum absolute atomic E-state index is 0.190. The summed E-state index contributed by atoms with van der Waals surface area (Å²) in [6.45, 7) is 2.52. The smallest absolute Gasteiger partial charge is 0.216 e. The van der Waals surface area contributed by atoms with Gasteiger partial charge in [-0.25, -0.2) is 10.6 Å². The molecule has 0 bridgehead atoms. The maximum atomic E-state index is 9.50. The van der Waals surface area contributed by atoms with Crippen LogP contribution in [0.25, 0.3) is 11.4 Å². The fourth-order valence-corrected chi connectivity index (χ4v) is 2.41. The standard InChI is InChI=1S/C17H17N5O3S/c1-2-25-13-6-4-12(5-7-13)16-19-20-17(26)22(16)21-18-10-11-3-8-14(23)15(24)9-11/h3-10,21,23-24H,2H2,1H3,(H,20,26)/b18-10+. The fourth-order valence-electron chi connectivity index (χ4n) is 2.23. The van der Waals surface area contributed by atoms with E-state index in [1.54, 1.807) is 6.07 Å². The number of hydrogen-bond donors (Lipinski definition) is 4. The Morgan fingerprint density at radius 1 is 1.23 bits per heavy atom. The van der Waals surface area contributed by atoms with Crippen molar-refractivity contribution in [1.82, 2.24) is 14.9 Å². The highest BCUT2D eigenvalue weighted by Gasteiger charge is 2.08. The first-order chi connectivity index (χ1) is 12.6. The summed E-state index contributed by atoms with van der Waals surface area (Å²) in [6, 6.07) is 11.8. The lowest BCUT2D eigenvalue weighted by Gasteiger charge is -2.07. The van der Waals surface area contributed by atoms with Crippen molar-refractivity contribution < 1.29 is 14.9 Å². The van der Waals surface area contributed by atoms with E-state index >= 15 is 0 Å². The Morgan fingerprint density at radius 2 is 2.00 bits per heavy atom. The van der Waals surface area contributed by atoms with Gasteiger partial charge in [0.05, 0.1) is 12.8 Å². The highest BCUT2D eigenvalue weighted by Crippen LogP contribution is 2.24. The molecule has 2 aromatic carbocycles. The molecule has 0 aliphatic carbocycles. The van der Waals surface area contributed by atoms with E-state index in [2.05, 4.69) is 20.8 Å². The predicted octanol–water partition coefficient (Wildman–Crippen LogP) is 3.00. The third kappa shape index (κ3) is 3.83. The number of benzene rings is 2. The number of phenolic OH excluding ortho intramolecular Hbond substituents is 2. The number of aromatic hydroxyl groups is 2. The number of nitrogens with one attached hydrogen (secondary N) is 2. The summed E-state index contributed by atoms with van der Waals surface area (Å²) in [5.41, 5.74) is 4.22. The zero-order chi connectivity index (χ0) is 18.5. The molecule has 1 heterocycles. The van der Waals surface area contributed by atoms with E-state index < -0.39 is 0 Å². The van der Waals surface area contributed by atoms with Crippen molar-refractivity contribution in [3.63, 3.8) is 0 Å². The molecule has 3 aromatic rings. The molecular formula is C17H17N5O3S. The van der Waals surface area contributed by atoms with Gasteiger partial charge < -0.3 is 14.9 Å². The lowest BCUT2D eigenvalue weighted by molar-refractivity contribution is 0.340. The minimum Gasteiger partial charge on any atom is -0.504 e. The van der Waals surface area contributed by atoms with E-state index in [1.807, 2.05) is 31.2 Å². The number of rotatable bonds is 6. The molecule has 0 aliphatic heterocycles. The molecule has 0 saturated carbocycles. The van der Waals surface area contributed by atoms with Crippen LogP contribution in [0.3, 0.4) is 0 Å². The molecule has 134 valence electrons. The van der Waals surface area contributed by atoms with Crippen LogP contribution in [0, 0.1) is 4.77 Å². The van der Waals surface area contributed by atoms with Crippen LogP contribution in [0.2, 0.25) is 0 Å². The van der Waals surface area contributed by atoms with E-state index in [4.69, 9.17) is 17.0 Å². The topological polar surface area (TPSA) is 108 Å². The molecular weight excluding hydrogens is 354 g/mol. The number of hydrazone groups is 1. The fraction of sp³-hybridized carbons (Fsp3) is 0.118. The third-order valence-corrected chi connectivity index (χ3v) is 3.74. The lowest BCUT2D eigenvalue weighted by Crippen LogP contribution is -2.10. The van der Waals surface area contributed by atoms with Crippen LogP contribution in [0.1, 0.15) is 12.5 Å². The minimum atomic E-state index is -0.219. The molecule has 8 nitrogen and oxygen atoms in total. The van der Waals surface area contributed by atoms with Gasteiger partial charge in [0.1, 0.15) is 5.75 Å². The van der Waals surface area contributed by atoms with E-state index in [9.17, 15) is 10.2 Å². The number of phenols is 2. The van der Waals surface area contributed by atoms with Crippen LogP contribution < -0.4 is 10.3 Å². The summed E-state index contributed by atoms with van der Waals surface area (Å²) in [7, 11) is 0. The van der Waals surface area contributed by atoms with Gasteiger partial charge in [0.15, 0.2) is 17.3 Å². The molecule has 26 heavy (non-hydrogen) atoms. The van der Waals surface area contributed by atoms with Gasteiger partial charge in [-0.05, 0) is 67.2 Å². The lowest BCUT2D eigenvalue weighted by atomic mass is 10.2. The molecule has 0 radical (unpaired) electrons. The first-order valence-electron chi connectivity index (χ1n) is 7.80. The van der Waals surface area contributed by atoms with Gasteiger partial charge in [-0.1, -0.05) is 0 Å². The maximum absolute atomic E-state index is 9.50. The molecule has 0 spiro atoms. The first-order valence-corrected chi connectivity index (χ1v) is 8.21. The zero-order valence-corrected chi connectivity index (χ0v) is 14.7. The maximum Gasteiger partial charge on any atom is 0.216 e. The summed E-state index contributed by atoms with van der Waals surface area (Å²) in [4.78, 5) is 0. The summed E-state index contributed by atoms with van der Waals surface area (Å²) < 4.78 is 7.29. The van der Waals surface area contributed by atoms with Crippen molar-refractivity contribution in [2.45, 2.75) is 6.92 Å². The first kappa shape index (κ1) is 17.5. The van der Waals surface area contributed by atoms with Gasteiger partial charge in [0.2, 0.25) is 4.77 Å². The van der Waals surface area contributed by atoms with Crippen molar-refractivity contribution in [3.05, 3.63) is 52.8 Å². The Kier molecular flexibility index (Phi) is 5.18. The molecule has 0 saturated heterocycles. The molecule has 0 amide bonds.